The normalized spacial score (nSPS) is 11.4. The quantitative estimate of drug-likeness (QED) is 0.791. The van der Waals surface area contributed by atoms with Crippen molar-refractivity contribution < 1.29 is 23.5 Å². The monoisotopic (exact) mass is 372 g/mol. The number of nitrogens with zero attached hydrogens (tertiary/aromatic N) is 1. The molecule has 2 rings (SSSR count). The van der Waals surface area contributed by atoms with Gasteiger partial charge in [0.15, 0.2) is 6.10 Å². The maximum Gasteiger partial charge on any atom is 0.338 e. The van der Waals surface area contributed by atoms with Crippen molar-refractivity contribution in [3.8, 4) is 0 Å². The van der Waals surface area contributed by atoms with Crippen LogP contribution < -0.4 is 5.32 Å². The van der Waals surface area contributed by atoms with Gasteiger partial charge < -0.3 is 15.0 Å². The zero-order valence-electron chi connectivity index (χ0n) is 15.4. The SMILES string of the molecule is CC(=O)Nc1ccc(C(=O)O[C@@H](C)C(=O)N(C)Cc2cccc(F)c2)cc1. The number of nitrogens with one attached hydrogen (secondary N) is 1. The largest absolute Gasteiger partial charge is 0.449 e. The highest BCUT2D eigenvalue weighted by molar-refractivity contribution is 5.93. The van der Waals surface area contributed by atoms with Gasteiger partial charge in [0.05, 0.1) is 5.56 Å². The number of amides is 2. The molecule has 7 heteroatoms. The van der Waals surface area contributed by atoms with Gasteiger partial charge in [0, 0.05) is 26.2 Å². The molecule has 0 heterocycles. The van der Waals surface area contributed by atoms with E-state index in [4.69, 9.17) is 4.74 Å². The van der Waals surface area contributed by atoms with Gasteiger partial charge >= 0.3 is 5.97 Å². The van der Waals surface area contributed by atoms with Crippen LogP contribution in [0.4, 0.5) is 10.1 Å². The van der Waals surface area contributed by atoms with E-state index in [0.717, 1.165) is 0 Å². The number of carbonyl (C=O) groups excluding carboxylic acids is 3. The summed E-state index contributed by atoms with van der Waals surface area (Å²) >= 11 is 0. The van der Waals surface area contributed by atoms with E-state index in [-0.39, 0.29) is 23.8 Å². The molecule has 0 aliphatic rings. The number of likely N-dealkylation sites (N-methyl/N-ethyl adjacent to an activating group) is 1. The van der Waals surface area contributed by atoms with Gasteiger partial charge in [-0.25, -0.2) is 9.18 Å². The molecular weight excluding hydrogens is 351 g/mol. The predicted octanol–water partition coefficient (Wildman–Crippen LogP) is 2.99. The first-order valence-corrected chi connectivity index (χ1v) is 8.34. The van der Waals surface area contributed by atoms with E-state index in [9.17, 15) is 18.8 Å². The summed E-state index contributed by atoms with van der Waals surface area (Å²) in [5.41, 5.74) is 1.45. The van der Waals surface area contributed by atoms with Gasteiger partial charge in [-0.3, -0.25) is 9.59 Å². The van der Waals surface area contributed by atoms with Crippen LogP contribution in [0.1, 0.15) is 29.8 Å². The lowest BCUT2D eigenvalue weighted by atomic mass is 10.2. The van der Waals surface area contributed by atoms with Gasteiger partial charge in [-0.15, -0.1) is 0 Å². The number of hydrogen-bond acceptors (Lipinski definition) is 4. The number of halogens is 1. The highest BCUT2D eigenvalue weighted by Crippen LogP contribution is 2.13. The summed E-state index contributed by atoms with van der Waals surface area (Å²) in [6, 6.07) is 12.1. The highest BCUT2D eigenvalue weighted by Gasteiger charge is 2.22. The van der Waals surface area contributed by atoms with Crippen molar-refractivity contribution in [1.82, 2.24) is 4.90 Å². The average Bonchev–Trinajstić information content (AvgIpc) is 2.61. The van der Waals surface area contributed by atoms with Crippen molar-refractivity contribution >= 4 is 23.5 Å². The van der Waals surface area contributed by atoms with Crippen LogP contribution in [-0.2, 0) is 20.9 Å². The minimum Gasteiger partial charge on any atom is -0.449 e. The molecule has 0 fully saturated rings. The number of anilines is 1. The number of benzene rings is 2. The van der Waals surface area contributed by atoms with Crippen molar-refractivity contribution in [1.29, 1.82) is 0 Å². The Morgan fingerprint density at radius 2 is 1.81 bits per heavy atom. The molecule has 2 amide bonds. The molecule has 0 radical (unpaired) electrons. The molecule has 2 aromatic rings. The number of hydrogen-bond donors (Lipinski definition) is 1. The van der Waals surface area contributed by atoms with Crippen LogP contribution in [0.15, 0.2) is 48.5 Å². The van der Waals surface area contributed by atoms with Crippen molar-refractivity contribution in [2.24, 2.45) is 0 Å². The second-order valence-corrected chi connectivity index (χ2v) is 6.13. The van der Waals surface area contributed by atoms with Crippen molar-refractivity contribution in [3.05, 3.63) is 65.5 Å². The van der Waals surface area contributed by atoms with Gasteiger partial charge in [0.1, 0.15) is 5.82 Å². The molecule has 142 valence electrons. The van der Waals surface area contributed by atoms with E-state index < -0.39 is 18.0 Å². The lowest BCUT2D eigenvalue weighted by molar-refractivity contribution is -0.139. The Morgan fingerprint density at radius 1 is 1.15 bits per heavy atom. The van der Waals surface area contributed by atoms with Gasteiger partial charge in [-0.05, 0) is 48.9 Å². The molecule has 2 aromatic carbocycles. The lowest BCUT2D eigenvalue weighted by Crippen LogP contribution is -2.37. The molecule has 0 spiro atoms. The maximum atomic E-state index is 13.2. The number of carbonyl (C=O) groups is 3. The summed E-state index contributed by atoms with van der Waals surface area (Å²) < 4.78 is 18.4. The third-order valence-electron chi connectivity index (χ3n) is 3.76. The van der Waals surface area contributed by atoms with Crippen LogP contribution in [0, 0.1) is 5.82 Å². The molecule has 0 bridgehead atoms. The average molecular weight is 372 g/mol. The summed E-state index contributed by atoms with van der Waals surface area (Å²) in [6.45, 7) is 3.06. The molecule has 27 heavy (non-hydrogen) atoms. The summed E-state index contributed by atoms with van der Waals surface area (Å²) in [7, 11) is 1.56. The molecule has 0 aliphatic heterocycles. The Balaban J connectivity index is 1.94. The molecule has 1 atom stereocenters. The fraction of sp³-hybridized carbons (Fsp3) is 0.250. The van der Waals surface area contributed by atoms with E-state index in [1.54, 1.807) is 31.3 Å². The topological polar surface area (TPSA) is 75.7 Å². The van der Waals surface area contributed by atoms with E-state index in [2.05, 4.69) is 5.32 Å². The predicted molar refractivity (Wildman–Crippen MR) is 98.5 cm³/mol. The maximum absolute atomic E-state index is 13.2. The molecule has 1 N–H and O–H groups in total. The van der Waals surface area contributed by atoms with Crippen LogP contribution in [0.25, 0.3) is 0 Å². The number of esters is 1. The fourth-order valence-corrected chi connectivity index (χ4v) is 2.47. The van der Waals surface area contributed by atoms with Crippen molar-refractivity contribution in [2.45, 2.75) is 26.5 Å². The first-order chi connectivity index (χ1) is 12.8. The standard InChI is InChI=1S/C20H21FN2O4/c1-13(19(25)23(3)12-15-5-4-6-17(21)11-15)27-20(26)16-7-9-18(10-8-16)22-14(2)24/h4-11,13H,12H2,1-3H3,(H,22,24)/t13-/m0/s1. The van der Waals surface area contributed by atoms with Gasteiger partial charge in [0.2, 0.25) is 5.91 Å². The minimum atomic E-state index is -0.994. The van der Waals surface area contributed by atoms with Crippen LogP contribution in [0.2, 0.25) is 0 Å². The van der Waals surface area contributed by atoms with Crippen LogP contribution in [0.5, 0.6) is 0 Å². The van der Waals surface area contributed by atoms with Gasteiger partial charge in [0.25, 0.3) is 5.91 Å². The number of ether oxygens (including phenoxy) is 1. The second-order valence-electron chi connectivity index (χ2n) is 6.13. The Hall–Kier alpha value is -3.22. The molecule has 0 aliphatic carbocycles. The van der Waals surface area contributed by atoms with Crippen molar-refractivity contribution in [3.63, 3.8) is 0 Å². The third kappa shape index (κ3) is 5.91. The van der Waals surface area contributed by atoms with E-state index in [0.29, 0.717) is 11.3 Å². The summed E-state index contributed by atoms with van der Waals surface area (Å²) in [5.74, 6) is -1.65. The molecule has 0 saturated heterocycles. The first-order valence-electron chi connectivity index (χ1n) is 8.34. The first kappa shape index (κ1) is 20.1. The molecular formula is C20H21FN2O4. The molecule has 0 saturated carbocycles. The fourth-order valence-electron chi connectivity index (χ4n) is 2.47. The van der Waals surface area contributed by atoms with Gasteiger partial charge in [-0.2, -0.15) is 0 Å². The Labute approximate surface area is 156 Å². The number of rotatable bonds is 6. The van der Waals surface area contributed by atoms with E-state index in [1.165, 1.54) is 43.0 Å². The van der Waals surface area contributed by atoms with E-state index >= 15 is 0 Å². The summed E-state index contributed by atoms with van der Waals surface area (Å²) in [6.07, 6.45) is -0.994. The minimum absolute atomic E-state index is 0.198. The molecule has 0 aromatic heterocycles. The Bertz CT molecular complexity index is 836. The highest BCUT2D eigenvalue weighted by atomic mass is 19.1. The van der Waals surface area contributed by atoms with Crippen molar-refractivity contribution in [2.75, 3.05) is 12.4 Å². The zero-order chi connectivity index (χ0) is 20.0. The van der Waals surface area contributed by atoms with Crippen LogP contribution in [0.3, 0.4) is 0 Å². The summed E-state index contributed by atoms with van der Waals surface area (Å²) in [4.78, 5) is 36.9. The van der Waals surface area contributed by atoms with E-state index in [1.807, 2.05) is 0 Å². The smallest absolute Gasteiger partial charge is 0.338 e. The van der Waals surface area contributed by atoms with Crippen LogP contribution >= 0.6 is 0 Å². The molecule has 6 nitrogen and oxygen atoms in total. The molecule has 0 unspecified atom stereocenters. The summed E-state index contributed by atoms with van der Waals surface area (Å²) in [5, 5.41) is 2.59. The van der Waals surface area contributed by atoms with Gasteiger partial charge in [-0.1, -0.05) is 12.1 Å². The third-order valence-corrected chi connectivity index (χ3v) is 3.76. The van der Waals surface area contributed by atoms with Crippen LogP contribution in [-0.4, -0.2) is 35.8 Å². The Morgan fingerprint density at radius 3 is 2.41 bits per heavy atom. The second kappa shape index (κ2) is 8.93. The lowest BCUT2D eigenvalue weighted by Gasteiger charge is -2.21. The zero-order valence-corrected chi connectivity index (χ0v) is 15.4. The Kier molecular flexibility index (Phi) is 6.65.